The Balaban J connectivity index is 2.13. The summed E-state index contributed by atoms with van der Waals surface area (Å²) in [6.07, 6.45) is -1.80. The van der Waals surface area contributed by atoms with E-state index in [-0.39, 0.29) is 5.75 Å². The highest BCUT2D eigenvalue weighted by Crippen LogP contribution is 2.48. The number of rotatable bonds is 4. The smallest absolute Gasteiger partial charge is 0.303 e. The Morgan fingerprint density at radius 2 is 1.79 bits per heavy atom. The van der Waals surface area contributed by atoms with Gasteiger partial charge in [-0.25, -0.2) is 4.98 Å². The molecule has 3 rings (SSSR count). The summed E-state index contributed by atoms with van der Waals surface area (Å²) in [6, 6.07) is 5.27. The predicted molar refractivity (Wildman–Crippen MR) is 104 cm³/mol. The minimum atomic E-state index is -1.78. The average Bonchev–Trinajstić information content (AvgIpc) is 3.01. The molecule has 2 aromatic rings. The first-order valence-corrected chi connectivity index (χ1v) is 9.90. The number of benzene rings is 1. The van der Waals surface area contributed by atoms with Crippen LogP contribution in [-0.4, -0.2) is 56.6 Å². The second-order valence-electron chi connectivity index (χ2n) is 6.79. The number of aliphatic hydroxyl groups is 1. The van der Waals surface area contributed by atoms with Gasteiger partial charge in [0.05, 0.1) is 17.4 Å². The van der Waals surface area contributed by atoms with Crippen LogP contribution in [-0.2, 0) is 40.6 Å². The molecule has 10 heteroatoms. The minimum absolute atomic E-state index is 0.120. The zero-order valence-electron chi connectivity index (χ0n) is 16.4. The zero-order valence-corrected chi connectivity index (χ0v) is 17.3. The van der Waals surface area contributed by atoms with Crippen molar-refractivity contribution in [3.8, 4) is 0 Å². The van der Waals surface area contributed by atoms with Crippen LogP contribution in [0.5, 0.6) is 0 Å². The normalized spacial score (nSPS) is 26.7. The van der Waals surface area contributed by atoms with Gasteiger partial charge in [-0.1, -0.05) is 12.1 Å². The molecular weight excluding hydrogens is 400 g/mol. The molecule has 1 N–H and O–H groups in total. The van der Waals surface area contributed by atoms with Crippen molar-refractivity contribution in [1.29, 1.82) is 0 Å². The average molecular weight is 422 g/mol. The molecule has 9 nitrogen and oxygen atoms in total. The van der Waals surface area contributed by atoms with Crippen molar-refractivity contribution in [3.05, 3.63) is 30.1 Å². The summed E-state index contributed by atoms with van der Waals surface area (Å²) in [5.41, 5.74) is 1.70. The lowest BCUT2D eigenvalue weighted by Gasteiger charge is -2.45. The molecule has 0 spiro atoms. The van der Waals surface area contributed by atoms with Crippen LogP contribution in [0.2, 0.25) is 0 Å². The Kier molecular flexibility index (Phi) is 5.85. The van der Waals surface area contributed by atoms with Crippen LogP contribution in [0.1, 0.15) is 26.3 Å². The van der Waals surface area contributed by atoms with Crippen molar-refractivity contribution in [2.45, 2.75) is 44.0 Å². The van der Waals surface area contributed by atoms with Crippen molar-refractivity contribution in [3.63, 3.8) is 0 Å². The topological polar surface area (TPSA) is 117 Å². The molecule has 1 aromatic carbocycles. The van der Waals surface area contributed by atoms with Crippen LogP contribution in [0.3, 0.4) is 0 Å². The Morgan fingerprint density at radius 1 is 1.14 bits per heavy atom. The number of fused-ring (bicyclic) bond motifs is 1. The van der Waals surface area contributed by atoms with Crippen molar-refractivity contribution >= 4 is 40.7 Å². The number of aryl methyl sites for hydroxylation is 1. The lowest BCUT2D eigenvalue weighted by Crippen LogP contribution is -2.58. The number of para-hydroxylation sites is 1. The van der Waals surface area contributed by atoms with E-state index in [2.05, 4.69) is 4.98 Å². The van der Waals surface area contributed by atoms with Crippen molar-refractivity contribution in [2.24, 2.45) is 7.05 Å². The van der Waals surface area contributed by atoms with Gasteiger partial charge in [-0.05, 0) is 6.07 Å². The van der Waals surface area contributed by atoms with Crippen molar-refractivity contribution in [2.75, 3.05) is 5.75 Å². The zero-order chi connectivity index (χ0) is 21.3. The van der Waals surface area contributed by atoms with E-state index in [9.17, 15) is 19.5 Å². The van der Waals surface area contributed by atoms with Gasteiger partial charge in [-0.3, -0.25) is 14.4 Å². The quantitative estimate of drug-likeness (QED) is 0.574. The third-order valence-corrected chi connectivity index (χ3v) is 5.96. The van der Waals surface area contributed by atoms with Crippen LogP contribution in [0, 0.1) is 0 Å². The summed E-state index contributed by atoms with van der Waals surface area (Å²) in [4.78, 5) is 37.7. The van der Waals surface area contributed by atoms with E-state index in [1.807, 2.05) is 13.1 Å². The van der Waals surface area contributed by atoms with E-state index < -0.39 is 41.2 Å². The van der Waals surface area contributed by atoms with E-state index in [0.29, 0.717) is 11.1 Å². The molecule has 1 fully saturated rings. The van der Waals surface area contributed by atoms with Gasteiger partial charge >= 0.3 is 17.9 Å². The monoisotopic (exact) mass is 422 g/mol. The molecule has 0 radical (unpaired) electrons. The van der Waals surface area contributed by atoms with Gasteiger partial charge in [0.2, 0.25) is 0 Å². The molecule has 1 aliphatic heterocycles. The molecule has 1 saturated heterocycles. The number of imidazole rings is 1. The fourth-order valence-electron chi connectivity index (χ4n) is 3.45. The molecule has 0 aliphatic carbocycles. The Hall–Kier alpha value is -2.59. The molecule has 1 aromatic heterocycles. The lowest BCUT2D eigenvalue weighted by molar-refractivity contribution is -0.197. The molecule has 0 unspecified atom stereocenters. The summed E-state index contributed by atoms with van der Waals surface area (Å²) in [5, 5.41) is 11.7. The molecular formula is C19H22N2O7S. The second kappa shape index (κ2) is 8.03. The van der Waals surface area contributed by atoms with E-state index in [1.54, 1.807) is 23.0 Å². The highest BCUT2D eigenvalue weighted by atomic mass is 32.2. The summed E-state index contributed by atoms with van der Waals surface area (Å²) in [7, 11) is 1.82. The van der Waals surface area contributed by atoms with Gasteiger partial charge in [0, 0.05) is 39.1 Å². The summed E-state index contributed by atoms with van der Waals surface area (Å²) in [5.74, 6) is -1.79. The van der Waals surface area contributed by atoms with E-state index in [0.717, 1.165) is 17.3 Å². The molecule has 0 bridgehead atoms. The number of carbonyl (C=O) groups excluding carboxylic acids is 3. The van der Waals surface area contributed by atoms with Gasteiger partial charge in [-0.15, -0.1) is 11.8 Å². The Labute approximate surface area is 171 Å². The lowest BCUT2D eigenvalue weighted by atomic mass is 9.94. The number of hydrogen-bond acceptors (Lipinski definition) is 9. The van der Waals surface area contributed by atoms with E-state index >= 15 is 0 Å². The number of carbonyl (C=O) groups is 3. The largest absolute Gasteiger partial charge is 0.458 e. The minimum Gasteiger partial charge on any atom is -0.458 e. The van der Waals surface area contributed by atoms with Gasteiger partial charge in [-0.2, -0.15) is 0 Å². The highest BCUT2D eigenvalue weighted by molar-refractivity contribution is 8.00. The van der Waals surface area contributed by atoms with Gasteiger partial charge in [0.25, 0.3) is 0 Å². The fourth-order valence-corrected chi connectivity index (χ4v) is 4.79. The molecule has 0 saturated carbocycles. The first-order valence-electron chi connectivity index (χ1n) is 8.92. The molecule has 156 valence electrons. The maximum absolute atomic E-state index is 11.8. The predicted octanol–water partition coefficient (Wildman–Crippen LogP) is 1.26. The van der Waals surface area contributed by atoms with Gasteiger partial charge in [0.1, 0.15) is 0 Å². The Bertz CT molecular complexity index is 959. The van der Waals surface area contributed by atoms with Crippen molar-refractivity contribution in [1.82, 2.24) is 9.55 Å². The second-order valence-corrected chi connectivity index (χ2v) is 8.03. The first kappa shape index (κ1) is 21.1. The third-order valence-electron chi connectivity index (χ3n) is 4.57. The van der Waals surface area contributed by atoms with Crippen LogP contribution in [0.25, 0.3) is 11.0 Å². The standard InChI is InChI=1S/C19H22N2O7S/c1-10(22)26-15-8-29-19(25,18(28-12(3)24)17(15)27-11(2)23)13-6-5-7-14-16(13)20-9-21(14)4/h5-7,9,15,17-18,25H,8H2,1-4H3/t15-,17+,18-,19-/m1/s1. The third kappa shape index (κ3) is 4.08. The SMILES string of the molecule is CC(=O)O[C@@H]1[C@@H](OC(C)=O)[C@@](O)(c2cccc3c2ncn3C)SC[C@H]1OC(C)=O. The maximum Gasteiger partial charge on any atom is 0.303 e. The van der Waals surface area contributed by atoms with Crippen molar-refractivity contribution < 1.29 is 33.7 Å². The molecule has 4 atom stereocenters. The van der Waals surface area contributed by atoms with Crippen LogP contribution in [0.4, 0.5) is 0 Å². The summed E-state index contributed by atoms with van der Waals surface area (Å²) >= 11 is 1.03. The Morgan fingerprint density at radius 3 is 2.41 bits per heavy atom. The molecule has 29 heavy (non-hydrogen) atoms. The fraction of sp³-hybridized carbons (Fsp3) is 0.474. The van der Waals surface area contributed by atoms with Crippen LogP contribution >= 0.6 is 11.8 Å². The van der Waals surface area contributed by atoms with E-state index in [4.69, 9.17) is 14.2 Å². The summed E-state index contributed by atoms with van der Waals surface area (Å²) in [6.45, 7) is 3.61. The van der Waals surface area contributed by atoms with E-state index in [1.165, 1.54) is 20.8 Å². The van der Waals surface area contributed by atoms with Gasteiger partial charge < -0.3 is 23.9 Å². The number of esters is 3. The maximum atomic E-state index is 11.8. The molecule has 1 aliphatic rings. The summed E-state index contributed by atoms with van der Waals surface area (Å²) < 4.78 is 17.9. The number of nitrogens with zero attached hydrogens (tertiary/aromatic N) is 2. The molecule has 2 heterocycles. The first-order chi connectivity index (χ1) is 13.6. The number of aromatic nitrogens is 2. The highest BCUT2D eigenvalue weighted by Gasteiger charge is 2.56. The number of thioether (sulfide) groups is 1. The van der Waals surface area contributed by atoms with Gasteiger partial charge in [0.15, 0.2) is 23.2 Å². The number of ether oxygens (including phenoxy) is 3. The van der Waals surface area contributed by atoms with Crippen LogP contribution < -0.4 is 0 Å². The van der Waals surface area contributed by atoms with Crippen LogP contribution in [0.15, 0.2) is 24.5 Å². The number of hydrogen-bond donors (Lipinski definition) is 1. The molecule has 0 amide bonds.